The van der Waals surface area contributed by atoms with Crippen LogP contribution in [0, 0.1) is 0 Å². The van der Waals surface area contributed by atoms with Crippen molar-refractivity contribution in [1.29, 1.82) is 0 Å². The van der Waals surface area contributed by atoms with Crippen molar-refractivity contribution < 1.29 is 5.11 Å². The summed E-state index contributed by atoms with van der Waals surface area (Å²) in [6.07, 6.45) is 7.00. The van der Waals surface area contributed by atoms with Gasteiger partial charge in [0, 0.05) is 30.6 Å². The van der Waals surface area contributed by atoms with E-state index in [-0.39, 0.29) is 5.41 Å². The third-order valence-corrected chi connectivity index (χ3v) is 4.50. The van der Waals surface area contributed by atoms with Gasteiger partial charge in [-0.05, 0) is 24.5 Å². The predicted molar refractivity (Wildman–Crippen MR) is 73.8 cm³/mol. The first-order chi connectivity index (χ1) is 8.68. The third kappa shape index (κ3) is 1.47. The van der Waals surface area contributed by atoms with Crippen molar-refractivity contribution in [3.05, 3.63) is 30.0 Å². The van der Waals surface area contributed by atoms with Crippen LogP contribution in [0.15, 0.2) is 24.4 Å². The van der Waals surface area contributed by atoms with E-state index in [1.807, 2.05) is 17.7 Å². The molecule has 0 bridgehead atoms. The maximum atomic E-state index is 10.0. The standard InChI is InChI=1S/C15H20N2O/c1-17-9-12(15(10-16)7-2-3-8-15)11-5-4-6-13(18)14(11)17/h4-6,9,18H,2-3,7-8,10,16H2,1H3. The minimum absolute atomic E-state index is 0.118. The fourth-order valence-electron chi connectivity index (χ4n) is 3.50. The van der Waals surface area contributed by atoms with Gasteiger partial charge in [-0.1, -0.05) is 25.0 Å². The molecular weight excluding hydrogens is 224 g/mol. The van der Waals surface area contributed by atoms with Gasteiger partial charge in [0.25, 0.3) is 0 Å². The summed E-state index contributed by atoms with van der Waals surface area (Å²) in [6, 6.07) is 5.76. The highest BCUT2D eigenvalue weighted by Gasteiger charge is 2.36. The zero-order valence-corrected chi connectivity index (χ0v) is 10.8. The third-order valence-electron chi connectivity index (χ3n) is 4.50. The topological polar surface area (TPSA) is 51.2 Å². The van der Waals surface area contributed by atoms with Crippen LogP contribution in [0.5, 0.6) is 5.75 Å². The Morgan fingerprint density at radius 3 is 2.72 bits per heavy atom. The monoisotopic (exact) mass is 244 g/mol. The second-order valence-electron chi connectivity index (χ2n) is 5.52. The number of nitrogens with two attached hydrogens (primary N) is 1. The molecule has 0 unspecified atom stereocenters. The average Bonchev–Trinajstić information content (AvgIpc) is 2.96. The van der Waals surface area contributed by atoms with E-state index in [2.05, 4.69) is 12.3 Å². The highest BCUT2D eigenvalue weighted by Crippen LogP contribution is 2.44. The number of benzene rings is 1. The van der Waals surface area contributed by atoms with Crippen LogP contribution in [0.25, 0.3) is 10.9 Å². The van der Waals surface area contributed by atoms with Gasteiger partial charge in [0.15, 0.2) is 0 Å². The molecule has 18 heavy (non-hydrogen) atoms. The van der Waals surface area contributed by atoms with E-state index < -0.39 is 0 Å². The van der Waals surface area contributed by atoms with E-state index in [9.17, 15) is 5.11 Å². The number of rotatable bonds is 2. The number of phenols is 1. The van der Waals surface area contributed by atoms with Crippen LogP contribution < -0.4 is 5.73 Å². The second kappa shape index (κ2) is 4.02. The number of para-hydroxylation sites is 1. The highest BCUT2D eigenvalue weighted by molar-refractivity contribution is 5.89. The number of fused-ring (bicyclic) bond motifs is 1. The first kappa shape index (κ1) is 11.6. The molecule has 0 saturated heterocycles. The molecule has 0 amide bonds. The molecule has 1 fully saturated rings. The molecule has 1 aromatic heterocycles. The van der Waals surface area contributed by atoms with Gasteiger partial charge in [-0.25, -0.2) is 0 Å². The first-order valence-corrected chi connectivity index (χ1v) is 6.65. The molecule has 0 aliphatic heterocycles. The molecule has 1 saturated carbocycles. The Labute approximate surface area is 107 Å². The van der Waals surface area contributed by atoms with Crippen LogP contribution in [-0.4, -0.2) is 16.2 Å². The lowest BCUT2D eigenvalue weighted by molar-refractivity contribution is 0.456. The van der Waals surface area contributed by atoms with Gasteiger partial charge < -0.3 is 15.4 Å². The molecule has 1 aromatic carbocycles. The van der Waals surface area contributed by atoms with Crippen LogP contribution in [-0.2, 0) is 12.5 Å². The summed E-state index contributed by atoms with van der Waals surface area (Å²) >= 11 is 0. The SMILES string of the molecule is Cn1cc(C2(CN)CCCC2)c2cccc(O)c21. The van der Waals surface area contributed by atoms with E-state index >= 15 is 0 Å². The van der Waals surface area contributed by atoms with Crippen LogP contribution in [0.3, 0.4) is 0 Å². The molecule has 3 heteroatoms. The normalized spacial score (nSPS) is 18.6. The Morgan fingerprint density at radius 1 is 1.33 bits per heavy atom. The molecule has 3 N–H and O–H groups in total. The summed E-state index contributed by atoms with van der Waals surface area (Å²) in [5, 5.41) is 11.2. The summed E-state index contributed by atoms with van der Waals surface area (Å²) in [4.78, 5) is 0. The number of aromatic nitrogens is 1. The zero-order chi connectivity index (χ0) is 12.8. The van der Waals surface area contributed by atoms with Gasteiger partial charge in [-0.3, -0.25) is 0 Å². The summed E-state index contributed by atoms with van der Waals surface area (Å²) in [7, 11) is 1.99. The van der Waals surface area contributed by atoms with Crippen LogP contribution in [0.1, 0.15) is 31.2 Å². The summed E-state index contributed by atoms with van der Waals surface area (Å²) in [6.45, 7) is 0.696. The van der Waals surface area contributed by atoms with Crippen LogP contribution >= 0.6 is 0 Å². The molecular formula is C15H20N2O. The number of hydrogen-bond donors (Lipinski definition) is 2. The minimum Gasteiger partial charge on any atom is -0.506 e. The number of phenolic OH excluding ortho intramolecular Hbond substituents is 1. The summed E-state index contributed by atoms with van der Waals surface area (Å²) in [5.74, 6) is 0.353. The van der Waals surface area contributed by atoms with Crippen LogP contribution in [0.4, 0.5) is 0 Å². The summed E-state index contributed by atoms with van der Waals surface area (Å²) in [5.41, 5.74) is 8.42. The van der Waals surface area contributed by atoms with Gasteiger partial charge in [0.2, 0.25) is 0 Å². The predicted octanol–water partition coefficient (Wildman–Crippen LogP) is 2.65. The Morgan fingerprint density at radius 2 is 2.06 bits per heavy atom. The Bertz CT molecular complexity index is 579. The van der Waals surface area contributed by atoms with Crippen molar-refractivity contribution in [2.24, 2.45) is 12.8 Å². The smallest absolute Gasteiger partial charge is 0.139 e. The van der Waals surface area contributed by atoms with Crippen molar-refractivity contribution >= 4 is 10.9 Å². The molecule has 0 spiro atoms. The Kier molecular flexibility index (Phi) is 2.59. The minimum atomic E-state index is 0.118. The molecule has 1 heterocycles. The molecule has 0 atom stereocenters. The molecule has 0 radical (unpaired) electrons. The van der Waals surface area contributed by atoms with Gasteiger partial charge in [0.1, 0.15) is 5.75 Å². The van der Waals surface area contributed by atoms with Gasteiger partial charge in [0.05, 0.1) is 5.52 Å². The fraction of sp³-hybridized carbons (Fsp3) is 0.467. The van der Waals surface area contributed by atoms with E-state index in [1.165, 1.54) is 18.4 Å². The van der Waals surface area contributed by atoms with Crippen molar-refractivity contribution in [3.8, 4) is 5.75 Å². The van der Waals surface area contributed by atoms with Crippen LogP contribution in [0.2, 0.25) is 0 Å². The largest absolute Gasteiger partial charge is 0.506 e. The lowest BCUT2D eigenvalue weighted by Crippen LogP contribution is -2.31. The number of nitrogens with zero attached hydrogens (tertiary/aromatic N) is 1. The number of aryl methyl sites for hydroxylation is 1. The van der Waals surface area contributed by atoms with Crippen molar-refractivity contribution in [2.45, 2.75) is 31.1 Å². The lowest BCUT2D eigenvalue weighted by atomic mass is 9.79. The Balaban J connectivity index is 2.27. The molecule has 3 nitrogen and oxygen atoms in total. The number of aromatic hydroxyl groups is 1. The average molecular weight is 244 g/mol. The first-order valence-electron chi connectivity index (χ1n) is 6.65. The van der Waals surface area contributed by atoms with Crippen molar-refractivity contribution in [1.82, 2.24) is 4.57 Å². The molecule has 3 rings (SSSR count). The van der Waals surface area contributed by atoms with Crippen molar-refractivity contribution in [2.75, 3.05) is 6.54 Å². The van der Waals surface area contributed by atoms with Gasteiger partial charge >= 0.3 is 0 Å². The highest BCUT2D eigenvalue weighted by atomic mass is 16.3. The lowest BCUT2D eigenvalue weighted by Gasteiger charge is -2.27. The summed E-state index contributed by atoms with van der Waals surface area (Å²) < 4.78 is 2.02. The van der Waals surface area contributed by atoms with Gasteiger partial charge in [-0.2, -0.15) is 0 Å². The quantitative estimate of drug-likeness (QED) is 0.853. The fourth-order valence-corrected chi connectivity index (χ4v) is 3.50. The van der Waals surface area contributed by atoms with E-state index in [0.29, 0.717) is 12.3 Å². The maximum Gasteiger partial charge on any atom is 0.139 e. The number of hydrogen-bond acceptors (Lipinski definition) is 2. The molecule has 96 valence electrons. The Hall–Kier alpha value is -1.48. The molecule has 1 aliphatic carbocycles. The van der Waals surface area contributed by atoms with E-state index in [1.54, 1.807) is 6.07 Å². The molecule has 2 aromatic rings. The van der Waals surface area contributed by atoms with E-state index in [4.69, 9.17) is 5.73 Å². The van der Waals surface area contributed by atoms with Crippen molar-refractivity contribution in [3.63, 3.8) is 0 Å². The maximum absolute atomic E-state index is 10.0. The second-order valence-corrected chi connectivity index (χ2v) is 5.52. The van der Waals surface area contributed by atoms with Gasteiger partial charge in [-0.15, -0.1) is 0 Å². The zero-order valence-electron chi connectivity index (χ0n) is 10.8. The molecule has 1 aliphatic rings. The van der Waals surface area contributed by atoms with E-state index in [0.717, 1.165) is 23.7 Å².